The van der Waals surface area contributed by atoms with Crippen LogP contribution in [-0.2, 0) is 0 Å². The van der Waals surface area contributed by atoms with Crippen molar-refractivity contribution in [1.82, 2.24) is 24.5 Å². The van der Waals surface area contributed by atoms with Crippen molar-refractivity contribution < 1.29 is 0 Å². The standard InChI is InChI=1S/C35H73N5/c1-6-11-12-13-14-15-16-17-18-19-20-21-22-23-24-25-28-38-33-39(31-26-29-36(7-2)8-3)35-40(34-38)32-27-30-37(9-4)10-5/h17-18H,6-16,19-35H2,1-5H3/b18-17-. The molecule has 5 heteroatoms. The molecule has 0 spiro atoms. The summed E-state index contributed by atoms with van der Waals surface area (Å²) in [4.78, 5) is 13.3. The zero-order valence-corrected chi connectivity index (χ0v) is 28.2. The minimum atomic E-state index is 1.15. The van der Waals surface area contributed by atoms with Gasteiger partial charge < -0.3 is 9.80 Å². The Kier molecular flexibility index (Phi) is 25.7. The highest BCUT2D eigenvalue weighted by Crippen LogP contribution is 2.13. The zero-order chi connectivity index (χ0) is 29.1. The Balaban J connectivity index is 2.21. The van der Waals surface area contributed by atoms with Crippen LogP contribution >= 0.6 is 0 Å². The van der Waals surface area contributed by atoms with Gasteiger partial charge in [-0.15, -0.1) is 0 Å². The third-order valence-electron chi connectivity index (χ3n) is 8.87. The maximum absolute atomic E-state index is 2.73. The molecule has 0 saturated carbocycles. The minimum absolute atomic E-state index is 1.15. The molecule has 0 aromatic heterocycles. The summed E-state index contributed by atoms with van der Waals surface area (Å²) in [7, 11) is 0. The Morgan fingerprint density at radius 2 is 0.775 bits per heavy atom. The van der Waals surface area contributed by atoms with Gasteiger partial charge >= 0.3 is 0 Å². The first kappa shape index (κ1) is 37.6. The van der Waals surface area contributed by atoms with E-state index >= 15 is 0 Å². The first-order valence-corrected chi connectivity index (χ1v) is 17.9. The van der Waals surface area contributed by atoms with E-state index in [1.165, 1.54) is 162 Å². The van der Waals surface area contributed by atoms with Gasteiger partial charge in [-0.3, -0.25) is 14.7 Å². The van der Waals surface area contributed by atoms with Crippen molar-refractivity contribution >= 4 is 0 Å². The molecule has 5 nitrogen and oxygen atoms in total. The number of unbranched alkanes of at least 4 members (excludes halogenated alkanes) is 12. The molecule has 1 aliphatic heterocycles. The van der Waals surface area contributed by atoms with Crippen molar-refractivity contribution in [3.63, 3.8) is 0 Å². The van der Waals surface area contributed by atoms with E-state index in [2.05, 4.69) is 71.3 Å². The average Bonchev–Trinajstić information content (AvgIpc) is 2.97. The molecule has 0 aromatic carbocycles. The van der Waals surface area contributed by atoms with Gasteiger partial charge in [0.25, 0.3) is 0 Å². The molecule has 0 atom stereocenters. The van der Waals surface area contributed by atoms with E-state index in [-0.39, 0.29) is 0 Å². The second-order valence-electron chi connectivity index (χ2n) is 12.3. The molecule has 1 aliphatic rings. The molecular formula is C35H73N5. The monoisotopic (exact) mass is 564 g/mol. The fourth-order valence-electron chi connectivity index (χ4n) is 6.11. The van der Waals surface area contributed by atoms with Gasteiger partial charge in [-0.2, -0.15) is 0 Å². The van der Waals surface area contributed by atoms with Crippen molar-refractivity contribution in [2.45, 2.75) is 137 Å². The van der Waals surface area contributed by atoms with Crippen LogP contribution in [0.5, 0.6) is 0 Å². The normalized spacial score (nSPS) is 15.9. The van der Waals surface area contributed by atoms with Gasteiger partial charge in [-0.1, -0.05) is 105 Å². The van der Waals surface area contributed by atoms with Crippen molar-refractivity contribution in [2.75, 3.05) is 78.9 Å². The molecule has 0 aromatic rings. The van der Waals surface area contributed by atoms with E-state index in [0.29, 0.717) is 0 Å². The minimum Gasteiger partial charge on any atom is -0.304 e. The first-order chi connectivity index (χ1) is 19.7. The maximum Gasteiger partial charge on any atom is 0.0530 e. The van der Waals surface area contributed by atoms with E-state index in [4.69, 9.17) is 0 Å². The van der Waals surface area contributed by atoms with E-state index in [0.717, 1.165) is 20.0 Å². The molecule has 1 rings (SSSR count). The third kappa shape index (κ3) is 20.4. The number of nitrogens with zero attached hydrogens (tertiary/aromatic N) is 5. The Morgan fingerprint density at radius 3 is 1.18 bits per heavy atom. The summed E-state index contributed by atoms with van der Waals surface area (Å²) < 4.78 is 0. The van der Waals surface area contributed by atoms with Crippen molar-refractivity contribution in [3.05, 3.63) is 12.2 Å². The van der Waals surface area contributed by atoms with E-state index in [1.54, 1.807) is 0 Å². The quantitative estimate of drug-likeness (QED) is 0.0701. The highest BCUT2D eigenvalue weighted by Gasteiger charge is 2.22. The molecule has 0 amide bonds. The van der Waals surface area contributed by atoms with Gasteiger partial charge in [0, 0.05) is 19.6 Å². The molecule has 0 unspecified atom stereocenters. The lowest BCUT2D eigenvalue weighted by Gasteiger charge is -2.43. The van der Waals surface area contributed by atoms with E-state index in [1.807, 2.05) is 0 Å². The van der Waals surface area contributed by atoms with Gasteiger partial charge in [0.2, 0.25) is 0 Å². The van der Waals surface area contributed by atoms with Crippen molar-refractivity contribution in [1.29, 1.82) is 0 Å². The van der Waals surface area contributed by atoms with Crippen LogP contribution in [0.25, 0.3) is 0 Å². The van der Waals surface area contributed by atoms with Crippen LogP contribution in [0.2, 0.25) is 0 Å². The van der Waals surface area contributed by atoms with Crippen LogP contribution in [0.1, 0.15) is 137 Å². The van der Waals surface area contributed by atoms with Crippen LogP contribution in [-0.4, -0.2) is 103 Å². The summed E-state index contributed by atoms with van der Waals surface area (Å²) in [6, 6.07) is 0. The van der Waals surface area contributed by atoms with Gasteiger partial charge in [-0.05, 0) is 84.2 Å². The SMILES string of the molecule is CCCCCCCC/C=C\CCCCCCCCN1CN(CCCN(CC)CC)CN(CCCN(CC)CC)C1. The number of allylic oxidation sites excluding steroid dienone is 2. The summed E-state index contributed by atoms with van der Waals surface area (Å²) in [5.74, 6) is 0. The van der Waals surface area contributed by atoms with Crippen LogP contribution < -0.4 is 0 Å². The van der Waals surface area contributed by atoms with Crippen LogP contribution in [0.3, 0.4) is 0 Å². The van der Waals surface area contributed by atoms with Gasteiger partial charge in [0.05, 0.1) is 20.0 Å². The highest BCUT2D eigenvalue weighted by molar-refractivity contribution is 4.81. The molecule has 0 radical (unpaired) electrons. The lowest BCUT2D eigenvalue weighted by atomic mass is 10.1. The molecule has 238 valence electrons. The zero-order valence-electron chi connectivity index (χ0n) is 28.2. The predicted molar refractivity (Wildman–Crippen MR) is 179 cm³/mol. The number of rotatable bonds is 28. The lowest BCUT2D eigenvalue weighted by molar-refractivity contribution is -0.0322. The fraction of sp³-hybridized carbons (Fsp3) is 0.943. The molecule has 1 heterocycles. The Hall–Kier alpha value is -0.460. The Morgan fingerprint density at radius 1 is 0.425 bits per heavy atom. The summed E-state index contributed by atoms with van der Waals surface area (Å²) in [5.41, 5.74) is 0. The maximum atomic E-state index is 2.73. The van der Waals surface area contributed by atoms with Crippen LogP contribution in [0, 0.1) is 0 Å². The van der Waals surface area contributed by atoms with E-state index < -0.39 is 0 Å². The smallest absolute Gasteiger partial charge is 0.0530 e. The van der Waals surface area contributed by atoms with Gasteiger partial charge in [0.15, 0.2) is 0 Å². The molecule has 0 aliphatic carbocycles. The molecular weight excluding hydrogens is 490 g/mol. The second-order valence-corrected chi connectivity index (χ2v) is 12.3. The third-order valence-corrected chi connectivity index (χ3v) is 8.87. The number of hydrogen-bond acceptors (Lipinski definition) is 5. The molecule has 1 fully saturated rings. The topological polar surface area (TPSA) is 16.2 Å². The van der Waals surface area contributed by atoms with Crippen molar-refractivity contribution in [2.24, 2.45) is 0 Å². The van der Waals surface area contributed by atoms with Crippen LogP contribution in [0.15, 0.2) is 12.2 Å². The summed E-state index contributed by atoms with van der Waals surface area (Å²) in [5, 5.41) is 0. The second kappa shape index (κ2) is 27.4. The molecule has 0 bridgehead atoms. The molecule has 0 N–H and O–H groups in total. The summed E-state index contributed by atoms with van der Waals surface area (Å²) in [6.45, 7) is 25.8. The fourth-order valence-corrected chi connectivity index (χ4v) is 6.11. The molecule has 1 saturated heterocycles. The van der Waals surface area contributed by atoms with Crippen LogP contribution in [0.4, 0.5) is 0 Å². The van der Waals surface area contributed by atoms with E-state index in [9.17, 15) is 0 Å². The summed E-state index contributed by atoms with van der Waals surface area (Å²) >= 11 is 0. The van der Waals surface area contributed by atoms with Gasteiger partial charge in [-0.25, -0.2) is 0 Å². The Labute approximate surface area is 252 Å². The number of hydrogen-bond donors (Lipinski definition) is 0. The average molecular weight is 564 g/mol. The first-order valence-electron chi connectivity index (χ1n) is 17.9. The van der Waals surface area contributed by atoms with Crippen molar-refractivity contribution in [3.8, 4) is 0 Å². The van der Waals surface area contributed by atoms with Gasteiger partial charge in [0.1, 0.15) is 0 Å². The highest BCUT2D eigenvalue weighted by atomic mass is 15.5. The lowest BCUT2D eigenvalue weighted by Crippen LogP contribution is -2.55. The predicted octanol–water partition coefficient (Wildman–Crippen LogP) is 8.28. The summed E-state index contributed by atoms with van der Waals surface area (Å²) in [6.07, 6.45) is 26.9. The molecule has 40 heavy (non-hydrogen) atoms. The Bertz CT molecular complexity index is 520. The largest absolute Gasteiger partial charge is 0.304 e.